The molecular weight excluding hydrogens is 220 g/mol. The Morgan fingerprint density at radius 3 is 1.67 bits per heavy atom. The van der Waals surface area contributed by atoms with Crippen LogP contribution in [0, 0.1) is 13.8 Å². The Kier molecular flexibility index (Phi) is 2.55. The minimum Gasteiger partial charge on any atom is -0.289 e. The van der Waals surface area contributed by atoms with E-state index in [9.17, 15) is 4.79 Å². The molecule has 0 saturated carbocycles. The molecule has 0 amide bonds. The Balaban J connectivity index is 2.22. The van der Waals surface area contributed by atoms with Crippen LogP contribution in [0.4, 0.5) is 0 Å². The maximum atomic E-state index is 12.6. The van der Waals surface area contributed by atoms with Crippen LogP contribution in [0.15, 0.2) is 36.4 Å². The number of ketones is 1. The van der Waals surface area contributed by atoms with Crippen molar-refractivity contribution in [2.24, 2.45) is 0 Å². The highest BCUT2D eigenvalue weighted by molar-refractivity contribution is 6.11. The lowest BCUT2D eigenvalue weighted by Crippen LogP contribution is -2.04. The van der Waals surface area contributed by atoms with Gasteiger partial charge in [0, 0.05) is 11.1 Å². The molecule has 0 unspecified atom stereocenters. The molecule has 1 heteroatoms. The molecule has 0 heterocycles. The fourth-order valence-corrected chi connectivity index (χ4v) is 2.65. The molecule has 0 fully saturated rings. The van der Waals surface area contributed by atoms with Crippen molar-refractivity contribution < 1.29 is 4.79 Å². The number of rotatable bonds is 0. The Morgan fingerprint density at radius 1 is 0.778 bits per heavy atom. The molecule has 1 aliphatic carbocycles. The molecule has 0 bridgehead atoms. The number of hydrogen-bond donors (Lipinski definition) is 0. The van der Waals surface area contributed by atoms with Crippen LogP contribution in [0.2, 0.25) is 0 Å². The Bertz CT molecular complexity index is 583. The summed E-state index contributed by atoms with van der Waals surface area (Å²) < 4.78 is 0. The summed E-state index contributed by atoms with van der Waals surface area (Å²) >= 11 is 0. The number of carbonyl (C=O) groups excluding carboxylic acids is 1. The van der Waals surface area contributed by atoms with E-state index < -0.39 is 0 Å². The zero-order valence-corrected chi connectivity index (χ0v) is 10.8. The summed E-state index contributed by atoms with van der Waals surface area (Å²) in [6.07, 6.45) is 1.91. The first-order valence-corrected chi connectivity index (χ1v) is 6.39. The van der Waals surface area contributed by atoms with Gasteiger partial charge in [0.1, 0.15) is 0 Å². The van der Waals surface area contributed by atoms with Crippen LogP contribution in [0.25, 0.3) is 0 Å². The predicted octanol–water partition coefficient (Wildman–Crippen LogP) is 3.63. The molecule has 0 atom stereocenters. The van der Waals surface area contributed by atoms with Crippen LogP contribution >= 0.6 is 0 Å². The fraction of sp³-hybridized carbons (Fsp3) is 0.235. The van der Waals surface area contributed by atoms with Crippen molar-refractivity contribution in [2.45, 2.75) is 26.7 Å². The largest absolute Gasteiger partial charge is 0.289 e. The van der Waals surface area contributed by atoms with E-state index in [4.69, 9.17) is 0 Å². The Labute approximate surface area is 107 Å². The molecule has 0 saturated heterocycles. The van der Waals surface area contributed by atoms with Crippen molar-refractivity contribution in [1.29, 1.82) is 0 Å². The topological polar surface area (TPSA) is 17.1 Å². The second-order valence-corrected chi connectivity index (χ2v) is 5.15. The van der Waals surface area contributed by atoms with Crippen LogP contribution in [-0.4, -0.2) is 5.78 Å². The first kappa shape index (κ1) is 11.2. The van der Waals surface area contributed by atoms with Crippen LogP contribution in [0.1, 0.15) is 38.2 Å². The predicted molar refractivity (Wildman–Crippen MR) is 73.2 cm³/mol. The molecule has 0 aromatic heterocycles. The fourth-order valence-electron chi connectivity index (χ4n) is 2.65. The third-order valence-electron chi connectivity index (χ3n) is 3.68. The molecule has 3 rings (SSSR count). The lowest BCUT2D eigenvalue weighted by molar-refractivity contribution is 0.103. The average molecular weight is 236 g/mol. The van der Waals surface area contributed by atoms with E-state index in [-0.39, 0.29) is 5.78 Å². The van der Waals surface area contributed by atoms with Crippen LogP contribution in [0.5, 0.6) is 0 Å². The van der Waals surface area contributed by atoms with Crippen LogP contribution < -0.4 is 0 Å². The molecule has 0 N–H and O–H groups in total. The van der Waals surface area contributed by atoms with Gasteiger partial charge in [-0.15, -0.1) is 0 Å². The molecule has 0 aliphatic heterocycles. The van der Waals surface area contributed by atoms with Gasteiger partial charge in [-0.2, -0.15) is 0 Å². The molecule has 0 radical (unpaired) electrons. The lowest BCUT2D eigenvalue weighted by Gasteiger charge is -2.07. The molecule has 1 nitrogen and oxygen atoms in total. The van der Waals surface area contributed by atoms with Gasteiger partial charge in [0.25, 0.3) is 0 Å². The zero-order valence-electron chi connectivity index (χ0n) is 10.8. The van der Waals surface area contributed by atoms with Gasteiger partial charge in [-0.25, -0.2) is 0 Å². The summed E-state index contributed by atoms with van der Waals surface area (Å²) in [6, 6.07) is 12.4. The minimum absolute atomic E-state index is 0.185. The highest BCUT2D eigenvalue weighted by Gasteiger charge is 2.20. The standard InChI is InChI=1S/C17H16O/c1-11-3-5-13-7-8-14-6-4-12(2)10-16(14)17(18)15(13)9-11/h3-6,9-10H,7-8H2,1-2H3. The van der Waals surface area contributed by atoms with Crippen molar-refractivity contribution in [3.8, 4) is 0 Å². The lowest BCUT2D eigenvalue weighted by atomic mass is 9.96. The molecule has 18 heavy (non-hydrogen) atoms. The van der Waals surface area contributed by atoms with Gasteiger partial charge < -0.3 is 0 Å². The summed E-state index contributed by atoms with van der Waals surface area (Å²) in [5.41, 5.74) is 6.44. The SMILES string of the molecule is Cc1ccc2c(c1)C(=O)c1cc(C)ccc1CC2. The Morgan fingerprint density at radius 2 is 1.22 bits per heavy atom. The number of hydrogen-bond acceptors (Lipinski definition) is 1. The number of fused-ring (bicyclic) bond motifs is 2. The summed E-state index contributed by atoms with van der Waals surface area (Å²) in [4.78, 5) is 12.6. The van der Waals surface area contributed by atoms with Crippen molar-refractivity contribution in [1.82, 2.24) is 0 Å². The number of benzene rings is 2. The second kappa shape index (κ2) is 4.09. The molecular formula is C17H16O. The van der Waals surface area contributed by atoms with E-state index in [2.05, 4.69) is 24.3 Å². The van der Waals surface area contributed by atoms with E-state index in [0.29, 0.717) is 0 Å². The highest BCUT2D eigenvalue weighted by Crippen LogP contribution is 2.25. The second-order valence-electron chi connectivity index (χ2n) is 5.15. The van der Waals surface area contributed by atoms with E-state index >= 15 is 0 Å². The maximum absolute atomic E-state index is 12.6. The van der Waals surface area contributed by atoms with E-state index in [1.807, 2.05) is 26.0 Å². The number of aryl methyl sites for hydroxylation is 4. The van der Waals surface area contributed by atoms with Crippen LogP contribution in [-0.2, 0) is 12.8 Å². The quantitative estimate of drug-likeness (QED) is 0.682. The minimum atomic E-state index is 0.185. The van der Waals surface area contributed by atoms with Crippen molar-refractivity contribution in [3.63, 3.8) is 0 Å². The summed E-state index contributed by atoms with van der Waals surface area (Å²) in [5, 5.41) is 0. The van der Waals surface area contributed by atoms with E-state index in [1.165, 1.54) is 11.1 Å². The van der Waals surface area contributed by atoms with Crippen molar-refractivity contribution >= 4 is 5.78 Å². The van der Waals surface area contributed by atoms with Gasteiger partial charge in [-0.3, -0.25) is 4.79 Å². The summed E-state index contributed by atoms with van der Waals surface area (Å²) in [7, 11) is 0. The summed E-state index contributed by atoms with van der Waals surface area (Å²) in [5.74, 6) is 0.185. The monoisotopic (exact) mass is 236 g/mol. The van der Waals surface area contributed by atoms with Gasteiger partial charge in [-0.1, -0.05) is 35.4 Å². The number of carbonyl (C=O) groups is 1. The van der Waals surface area contributed by atoms with Gasteiger partial charge in [0.15, 0.2) is 5.78 Å². The van der Waals surface area contributed by atoms with Gasteiger partial charge in [0.05, 0.1) is 0 Å². The first-order chi connectivity index (χ1) is 8.65. The normalized spacial score (nSPS) is 13.8. The van der Waals surface area contributed by atoms with E-state index in [0.717, 1.165) is 35.1 Å². The van der Waals surface area contributed by atoms with E-state index in [1.54, 1.807) is 0 Å². The third-order valence-corrected chi connectivity index (χ3v) is 3.68. The van der Waals surface area contributed by atoms with Crippen molar-refractivity contribution in [3.05, 3.63) is 69.8 Å². The molecule has 2 aromatic rings. The molecule has 2 aromatic carbocycles. The molecule has 0 spiro atoms. The summed E-state index contributed by atoms with van der Waals surface area (Å²) in [6.45, 7) is 4.07. The van der Waals surface area contributed by atoms with Crippen molar-refractivity contribution in [2.75, 3.05) is 0 Å². The maximum Gasteiger partial charge on any atom is 0.193 e. The zero-order chi connectivity index (χ0) is 12.7. The van der Waals surface area contributed by atoms with Gasteiger partial charge in [0.2, 0.25) is 0 Å². The molecule has 90 valence electrons. The molecule has 1 aliphatic rings. The Hall–Kier alpha value is -1.89. The smallest absolute Gasteiger partial charge is 0.193 e. The van der Waals surface area contributed by atoms with Gasteiger partial charge >= 0.3 is 0 Å². The third kappa shape index (κ3) is 1.76. The van der Waals surface area contributed by atoms with Gasteiger partial charge in [-0.05, 0) is 49.9 Å². The first-order valence-electron chi connectivity index (χ1n) is 6.39. The average Bonchev–Trinajstić information content (AvgIpc) is 2.49. The highest BCUT2D eigenvalue weighted by atomic mass is 16.1. The van der Waals surface area contributed by atoms with Crippen LogP contribution in [0.3, 0.4) is 0 Å².